The molecule has 0 radical (unpaired) electrons. The first-order valence-corrected chi connectivity index (χ1v) is 4.02. The second-order valence-corrected chi connectivity index (χ2v) is 3.69. The first-order chi connectivity index (χ1) is 5.49. The van der Waals surface area contributed by atoms with Crippen LogP contribution in [-0.2, 0) is 4.79 Å². The first kappa shape index (κ1) is 9.08. The van der Waals surface area contributed by atoms with Crippen molar-refractivity contribution in [3.05, 3.63) is 0 Å². The van der Waals surface area contributed by atoms with Crippen LogP contribution in [0.2, 0.25) is 0 Å². The van der Waals surface area contributed by atoms with Crippen molar-refractivity contribution < 1.29 is 9.90 Å². The molecule has 1 heterocycles. The average Bonchev–Trinajstić information content (AvgIpc) is 2.26. The van der Waals surface area contributed by atoms with Crippen LogP contribution in [0.5, 0.6) is 0 Å². The van der Waals surface area contributed by atoms with Gasteiger partial charge in [-0.25, -0.2) is 4.79 Å². The molecule has 0 aromatic rings. The summed E-state index contributed by atoms with van der Waals surface area (Å²) in [6, 6.07) is 0.0519. The van der Waals surface area contributed by atoms with Crippen LogP contribution in [0.25, 0.3) is 0 Å². The van der Waals surface area contributed by atoms with E-state index in [4.69, 9.17) is 5.11 Å². The molecule has 0 aliphatic carbocycles. The van der Waals surface area contributed by atoms with Crippen molar-refractivity contribution in [2.24, 2.45) is 0 Å². The number of carboxylic acids is 1. The number of carbonyl (C=O) groups is 1. The summed E-state index contributed by atoms with van der Waals surface area (Å²) in [5.41, 5.74) is 0.109. The zero-order valence-corrected chi connectivity index (χ0v) is 7.35. The highest BCUT2D eigenvalue weighted by Crippen LogP contribution is 2.21. The van der Waals surface area contributed by atoms with E-state index >= 15 is 0 Å². The Labute approximate surface area is 72.2 Å². The van der Waals surface area contributed by atoms with E-state index in [0.29, 0.717) is 0 Å². The highest BCUT2D eigenvalue weighted by atomic mass is 16.4. The Morgan fingerprint density at radius 1 is 1.67 bits per heavy atom. The molecule has 1 unspecified atom stereocenters. The molecule has 2 N–H and O–H groups in total. The number of carboxylic acid groups (broad SMARTS) is 1. The van der Waals surface area contributed by atoms with Gasteiger partial charge in [0.15, 0.2) is 0 Å². The van der Waals surface area contributed by atoms with E-state index in [0.717, 1.165) is 12.8 Å². The molecule has 3 heteroatoms. The SMILES string of the molecule is CC1(C)CCC(C#CC(=O)O)N1. The minimum atomic E-state index is -1.05. The molecule has 0 spiro atoms. The minimum Gasteiger partial charge on any atom is -0.472 e. The topological polar surface area (TPSA) is 49.3 Å². The Morgan fingerprint density at radius 2 is 2.33 bits per heavy atom. The van der Waals surface area contributed by atoms with Gasteiger partial charge in [-0.15, -0.1) is 0 Å². The smallest absolute Gasteiger partial charge is 0.381 e. The summed E-state index contributed by atoms with van der Waals surface area (Å²) in [7, 11) is 0. The maximum Gasteiger partial charge on any atom is 0.381 e. The molecule has 1 saturated heterocycles. The van der Waals surface area contributed by atoms with E-state index in [1.165, 1.54) is 0 Å². The molecule has 1 aliphatic heterocycles. The summed E-state index contributed by atoms with van der Waals surface area (Å²) in [5, 5.41) is 11.6. The van der Waals surface area contributed by atoms with Gasteiger partial charge in [0, 0.05) is 11.5 Å². The molecular weight excluding hydrogens is 154 g/mol. The van der Waals surface area contributed by atoms with Crippen LogP contribution < -0.4 is 5.32 Å². The molecule has 1 rings (SSSR count). The first-order valence-electron chi connectivity index (χ1n) is 4.02. The maximum atomic E-state index is 10.1. The van der Waals surface area contributed by atoms with Gasteiger partial charge in [-0.3, -0.25) is 5.32 Å². The Balaban J connectivity index is 2.50. The van der Waals surface area contributed by atoms with Crippen molar-refractivity contribution in [1.29, 1.82) is 0 Å². The molecule has 0 aromatic carbocycles. The summed E-state index contributed by atoms with van der Waals surface area (Å²) in [6.07, 6.45) is 1.99. The highest BCUT2D eigenvalue weighted by molar-refractivity contribution is 5.86. The van der Waals surface area contributed by atoms with Crippen molar-refractivity contribution in [2.45, 2.75) is 38.3 Å². The van der Waals surface area contributed by atoms with Gasteiger partial charge in [0.1, 0.15) is 0 Å². The number of hydrogen-bond donors (Lipinski definition) is 2. The van der Waals surface area contributed by atoms with Crippen LogP contribution in [0, 0.1) is 11.8 Å². The number of aliphatic carboxylic acids is 1. The van der Waals surface area contributed by atoms with Crippen LogP contribution in [0.15, 0.2) is 0 Å². The van der Waals surface area contributed by atoms with Gasteiger partial charge in [-0.2, -0.15) is 0 Å². The monoisotopic (exact) mass is 167 g/mol. The zero-order valence-electron chi connectivity index (χ0n) is 7.35. The van der Waals surface area contributed by atoms with Crippen LogP contribution >= 0.6 is 0 Å². The van der Waals surface area contributed by atoms with Crippen LogP contribution in [-0.4, -0.2) is 22.7 Å². The van der Waals surface area contributed by atoms with E-state index < -0.39 is 5.97 Å². The van der Waals surface area contributed by atoms with Gasteiger partial charge in [0.05, 0.1) is 6.04 Å². The average molecular weight is 167 g/mol. The van der Waals surface area contributed by atoms with Crippen LogP contribution in [0.4, 0.5) is 0 Å². The van der Waals surface area contributed by atoms with Crippen LogP contribution in [0.1, 0.15) is 26.7 Å². The molecule has 0 bridgehead atoms. The lowest BCUT2D eigenvalue weighted by Crippen LogP contribution is -2.36. The molecule has 1 fully saturated rings. The summed E-state index contributed by atoms with van der Waals surface area (Å²) in [6.45, 7) is 4.19. The molecule has 66 valence electrons. The Hall–Kier alpha value is -1.01. The zero-order chi connectivity index (χ0) is 9.19. The van der Waals surface area contributed by atoms with Gasteiger partial charge in [0.2, 0.25) is 0 Å². The third-order valence-corrected chi connectivity index (χ3v) is 1.98. The van der Waals surface area contributed by atoms with Crippen molar-refractivity contribution in [3.63, 3.8) is 0 Å². The van der Waals surface area contributed by atoms with E-state index in [1.807, 2.05) is 0 Å². The predicted octanol–water partition coefficient (Wildman–Crippen LogP) is 0.605. The van der Waals surface area contributed by atoms with Gasteiger partial charge < -0.3 is 5.11 Å². The second kappa shape index (κ2) is 3.16. The molecule has 12 heavy (non-hydrogen) atoms. The Morgan fingerprint density at radius 3 is 2.75 bits per heavy atom. The summed E-state index contributed by atoms with van der Waals surface area (Å²) in [5.74, 6) is 3.75. The summed E-state index contributed by atoms with van der Waals surface area (Å²) >= 11 is 0. The number of hydrogen-bond acceptors (Lipinski definition) is 2. The third kappa shape index (κ3) is 2.55. The number of nitrogens with one attached hydrogen (secondary N) is 1. The standard InChI is InChI=1S/C9H13NO2/c1-9(2)6-5-7(10-9)3-4-8(11)12/h7,10H,5-6H2,1-2H3,(H,11,12). The molecule has 0 amide bonds. The van der Waals surface area contributed by atoms with E-state index in [9.17, 15) is 4.79 Å². The van der Waals surface area contributed by atoms with E-state index in [2.05, 4.69) is 31.0 Å². The van der Waals surface area contributed by atoms with E-state index in [1.54, 1.807) is 0 Å². The van der Waals surface area contributed by atoms with Crippen molar-refractivity contribution >= 4 is 5.97 Å². The number of rotatable bonds is 0. The molecule has 0 aromatic heterocycles. The largest absolute Gasteiger partial charge is 0.472 e. The van der Waals surface area contributed by atoms with Crippen molar-refractivity contribution in [2.75, 3.05) is 0 Å². The van der Waals surface area contributed by atoms with Gasteiger partial charge >= 0.3 is 5.97 Å². The van der Waals surface area contributed by atoms with Gasteiger partial charge in [-0.1, -0.05) is 5.92 Å². The van der Waals surface area contributed by atoms with Crippen molar-refractivity contribution in [1.82, 2.24) is 5.32 Å². The fourth-order valence-electron chi connectivity index (χ4n) is 1.38. The molecule has 1 atom stereocenters. The lowest BCUT2D eigenvalue weighted by molar-refractivity contribution is -0.130. The Bertz CT molecular complexity index is 247. The molecule has 0 saturated carbocycles. The summed E-state index contributed by atoms with van der Waals surface area (Å²) in [4.78, 5) is 10.1. The lowest BCUT2D eigenvalue weighted by Gasteiger charge is -2.17. The molecular formula is C9H13NO2. The molecule has 1 aliphatic rings. The van der Waals surface area contributed by atoms with Gasteiger partial charge in [0.25, 0.3) is 0 Å². The fourth-order valence-corrected chi connectivity index (χ4v) is 1.38. The van der Waals surface area contributed by atoms with Crippen molar-refractivity contribution in [3.8, 4) is 11.8 Å². The molecule has 3 nitrogen and oxygen atoms in total. The third-order valence-electron chi connectivity index (χ3n) is 1.98. The fraction of sp³-hybridized carbons (Fsp3) is 0.667. The highest BCUT2D eigenvalue weighted by Gasteiger charge is 2.28. The van der Waals surface area contributed by atoms with Gasteiger partial charge in [-0.05, 0) is 26.7 Å². The van der Waals surface area contributed by atoms with Crippen LogP contribution in [0.3, 0.4) is 0 Å². The Kier molecular flexibility index (Phi) is 2.39. The minimum absolute atomic E-state index is 0.0519. The quantitative estimate of drug-likeness (QED) is 0.519. The second-order valence-electron chi connectivity index (χ2n) is 3.69. The lowest BCUT2D eigenvalue weighted by atomic mass is 10.0. The predicted molar refractivity (Wildman–Crippen MR) is 45.6 cm³/mol. The summed E-state index contributed by atoms with van der Waals surface area (Å²) < 4.78 is 0. The maximum absolute atomic E-state index is 10.1. The normalized spacial score (nSPS) is 26.0. The van der Waals surface area contributed by atoms with E-state index in [-0.39, 0.29) is 11.6 Å².